The van der Waals surface area contributed by atoms with E-state index >= 15 is 0 Å². The second-order valence-corrected chi connectivity index (χ2v) is 4.64. The van der Waals surface area contributed by atoms with Gasteiger partial charge in [-0.25, -0.2) is 0 Å². The van der Waals surface area contributed by atoms with E-state index in [1.54, 1.807) is 35.6 Å². The molecule has 2 aromatic rings. The Balaban J connectivity index is 2.21. The Bertz CT molecular complexity index is 725. The van der Waals surface area contributed by atoms with Crippen molar-refractivity contribution in [1.29, 1.82) is 5.41 Å². The number of carbonyl (C=O) groups is 1. The minimum Gasteiger partial charge on any atom is -0.497 e. The maximum absolute atomic E-state index is 12.3. The smallest absolute Gasteiger partial charge is 0.471 e. The topological polar surface area (TPSA) is 62.2 Å². The molecule has 1 amide bonds. The number of hydrogen-bond donors (Lipinski definition) is 2. The molecule has 0 aliphatic rings. The molecule has 0 radical (unpaired) electrons. The van der Waals surface area contributed by atoms with Crippen LogP contribution in [0.25, 0.3) is 0 Å². The normalized spacial score (nSPS) is 11.0. The highest BCUT2D eigenvalue weighted by Crippen LogP contribution is 2.20. The van der Waals surface area contributed by atoms with Gasteiger partial charge in [0, 0.05) is 16.8 Å². The number of amides is 1. The molecule has 7 heteroatoms. The van der Waals surface area contributed by atoms with Gasteiger partial charge in [-0.2, -0.15) is 13.2 Å². The first-order chi connectivity index (χ1) is 10.8. The van der Waals surface area contributed by atoms with Gasteiger partial charge in [-0.1, -0.05) is 12.1 Å². The number of hydrogen-bond acceptors (Lipinski definition) is 3. The molecule has 120 valence electrons. The van der Waals surface area contributed by atoms with Gasteiger partial charge < -0.3 is 10.1 Å². The van der Waals surface area contributed by atoms with E-state index in [1.807, 2.05) is 0 Å². The van der Waals surface area contributed by atoms with Gasteiger partial charge in [0.1, 0.15) is 5.75 Å². The average Bonchev–Trinajstić information content (AvgIpc) is 2.53. The molecule has 2 rings (SSSR count). The second kappa shape index (κ2) is 6.51. The van der Waals surface area contributed by atoms with E-state index in [0.717, 1.165) is 0 Å². The Morgan fingerprint density at radius 3 is 2.30 bits per heavy atom. The molecule has 23 heavy (non-hydrogen) atoms. The summed E-state index contributed by atoms with van der Waals surface area (Å²) >= 11 is 0. The fourth-order valence-electron chi connectivity index (χ4n) is 1.88. The highest BCUT2D eigenvalue weighted by Gasteiger charge is 2.38. The Hall–Kier alpha value is -2.83. The predicted octanol–water partition coefficient (Wildman–Crippen LogP) is 3.61. The van der Waals surface area contributed by atoms with Crippen LogP contribution in [0.15, 0.2) is 48.5 Å². The van der Waals surface area contributed by atoms with E-state index in [2.05, 4.69) is 0 Å². The van der Waals surface area contributed by atoms with Crippen molar-refractivity contribution in [2.45, 2.75) is 6.18 Å². The first kappa shape index (κ1) is 16.5. The van der Waals surface area contributed by atoms with E-state index in [-0.39, 0.29) is 11.4 Å². The predicted molar refractivity (Wildman–Crippen MR) is 80.1 cm³/mol. The van der Waals surface area contributed by atoms with Crippen molar-refractivity contribution in [3.63, 3.8) is 0 Å². The van der Waals surface area contributed by atoms with Gasteiger partial charge in [0.2, 0.25) is 0 Å². The van der Waals surface area contributed by atoms with Crippen molar-refractivity contribution >= 4 is 17.3 Å². The Morgan fingerprint density at radius 2 is 1.74 bits per heavy atom. The number of alkyl halides is 3. The van der Waals surface area contributed by atoms with Crippen molar-refractivity contribution in [2.24, 2.45) is 0 Å². The van der Waals surface area contributed by atoms with Gasteiger partial charge in [0.15, 0.2) is 0 Å². The summed E-state index contributed by atoms with van der Waals surface area (Å²) in [7, 11) is 1.52. The first-order valence-electron chi connectivity index (χ1n) is 6.53. The van der Waals surface area contributed by atoms with Gasteiger partial charge in [0.25, 0.3) is 0 Å². The Labute approximate surface area is 130 Å². The quantitative estimate of drug-likeness (QED) is 0.845. The van der Waals surface area contributed by atoms with Gasteiger partial charge in [-0.3, -0.25) is 10.2 Å². The van der Waals surface area contributed by atoms with Crippen molar-refractivity contribution in [1.82, 2.24) is 0 Å². The summed E-state index contributed by atoms with van der Waals surface area (Å²) in [6.07, 6.45) is -4.96. The highest BCUT2D eigenvalue weighted by atomic mass is 19.4. The molecule has 0 aliphatic heterocycles. The number of rotatable bonds is 4. The largest absolute Gasteiger partial charge is 0.497 e. The number of methoxy groups -OCH3 is 1. The van der Waals surface area contributed by atoms with Gasteiger partial charge in [-0.05, 0) is 36.4 Å². The summed E-state index contributed by atoms with van der Waals surface area (Å²) in [5, 5.41) is 9.89. The standard InChI is InChI=1S/C16H13F3N2O2/c1-23-13-7-5-10(6-8-13)14(20)11-3-2-4-12(9-11)21-15(22)16(17,18)19/h2-9,20H,1H3,(H,21,22). The zero-order valence-corrected chi connectivity index (χ0v) is 12.1. The van der Waals surface area contributed by atoms with Crippen LogP contribution in [0.5, 0.6) is 5.75 Å². The zero-order chi connectivity index (χ0) is 17.0. The van der Waals surface area contributed by atoms with Gasteiger partial charge >= 0.3 is 12.1 Å². The summed E-state index contributed by atoms with van der Waals surface area (Å²) in [4.78, 5) is 11.0. The molecule has 0 aromatic heterocycles. The zero-order valence-electron chi connectivity index (χ0n) is 12.1. The molecular formula is C16H13F3N2O2. The van der Waals surface area contributed by atoms with Crippen molar-refractivity contribution in [3.05, 3.63) is 59.7 Å². The lowest BCUT2D eigenvalue weighted by Gasteiger charge is -2.10. The first-order valence-corrected chi connectivity index (χ1v) is 6.53. The lowest BCUT2D eigenvalue weighted by Crippen LogP contribution is -2.29. The average molecular weight is 322 g/mol. The molecule has 0 atom stereocenters. The molecular weight excluding hydrogens is 309 g/mol. The van der Waals surface area contributed by atoms with E-state index in [0.29, 0.717) is 16.9 Å². The maximum Gasteiger partial charge on any atom is 0.471 e. The van der Waals surface area contributed by atoms with Crippen LogP contribution in [0.3, 0.4) is 0 Å². The molecule has 0 fully saturated rings. The SMILES string of the molecule is COc1ccc(C(=N)c2cccc(NC(=O)C(F)(F)F)c2)cc1. The molecule has 0 aliphatic carbocycles. The molecule has 0 saturated heterocycles. The minimum absolute atomic E-state index is 0.0249. The highest BCUT2D eigenvalue weighted by molar-refractivity contribution is 6.11. The van der Waals surface area contributed by atoms with Crippen molar-refractivity contribution in [3.8, 4) is 5.75 Å². The number of halogens is 3. The second-order valence-electron chi connectivity index (χ2n) is 4.64. The van der Waals surface area contributed by atoms with Gasteiger partial charge in [-0.15, -0.1) is 0 Å². The summed E-state index contributed by atoms with van der Waals surface area (Å²) in [5.74, 6) is -1.42. The monoisotopic (exact) mass is 322 g/mol. The number of carbonyl (C=O) groups excluding carboxylic acids is 1. The molecule has 0 heterocycles. The van der Waals surface area contributed by atoms with Crippen LogP contribution >= 0.6 is 0 Å². The van der Waals surface area contributed by atoms with Gasteiger partial charge in [0.05, 0.1) is 12.8 Å². The number of ether oxygens (including phenoxy) is 1. The summed E-state index contributed by atoms with van der Waals surface area (Å²) in [6.45, 7) is 0. The van der Waals surface area contributed by atoms with E-state index in [9.17, 15) is 18.0 Å². The molecule has 4 nitrogen and oxygen atoms in total. The fraction of sp³-hybridized carbons (Fsp3) is 0.125. The van der Waals surface area contributed by atoms with E-state index in [1.165, 1.54) is 25.3 Å². The van der Waals surface area contributed by atoms with Crippen LogP contribution in [0.4, 0.5) is 18.9 Å². The third-order valence-corrected chi connectivity index (χ3v) is 3.05. The van der Waals surface area contributed by atoms with Crippen LogP contribution in [0.1, 0.15) is 11.1 Å². The summed E-state index contributed by atoms with van der Waals surface area (Å²) in [6, 6.07) is 12.4. The molecule has 0 saturated carbocycles. The Kier molecular flexibility index (Phi) is 4.68. The number of anilines is 1. The third kappa shape index (κ3) is 4.09. The van der Waals surface area contributed by atoms with Crippen molar-refractivity contribution in [2.75, 3.05) is 12.4 Å². The van der Waals surface area contributed by atoms with Crippen LogP contribution in [-0.2, 0) is 4.79 Å². The van der Waals surface area contributed by atoms with Crippen LogP contribution in [0, 0.1) is 5.41 Å². The van der Waals surface area contributed by atoms with Crippen LogP contribution < -0.4 is 10.1 Å². The maximum atomic E-state index is 12.3. The molecule has 2 N–H and O–H groups in total. The Morgan fingerprint density at radius 1 is 1.09 bits per heavy atom. The number of benzene rings is 2. The lowest BCUT2D eigenvalue weighted by atomic mass is 10.0. The fourth-order valence-corrected chi connectivity index (χ4v) is 1.88. The minimum atomic E-state index is -4.96. The molecule has 0 bridgehead atoms. The summed E-state index contributed by atoms with van der Waals surface area (Å²) in [5.41, 5.74) is 1.05. The lowest BCUT2D eigenvalue weighted by molar-refractivity contribution is -0.167. The number of nitrogens with one attached hydrogen (secondary N) is 2. The summed E-state index contributed by atoms with van der Waals surface area (Å²) < 4.78 is 41.8. The van der Waals surface area contributed by atoms with E-state index < -0.39 is 12.1 Å². The van der Waals surface area contributed by atoms with Crippen LogP contribution in [-0.4, -0.2) is 24.9 Å². The van der Waals surface area contributed by atoms with E-state index in [4.69, 9.17) is 10.1 Å². The molecule has 2 aromatic carbocycles. The van der Waals surface area contributed by atoms with Crippen LogP contribution in [0.2, 0.25) is 0 Å². The molecule has 0 spiro atoms. The third-order valence-electron chi connectivity index (χ3n) is 3.05. The van der Waals surface area contributed by atoms with Crippen molar-refractivity contribution < 1.29 is 22.7 Å². The molecule has 0 unspecified atom stereocenters.